The number of fused-ring (bicyclic) bond motifs is 2. The number of carbonyl (C=O) groups excluding carboxylic acids is 1. The van der Waals surface area contributed by atoms with E-state index < -0.39 is 16.1 Å². The zero-order valence-corrected chi connectivity index (χ0v) is 17.2. The van der Waals surface area contributed by atoms with E-state index in [1.165, 1.54) is 0 Å². The molecule has 2 atom stereocenters. The van der Waals surface area contributed by atoms with Crippen LogP contribution in [-0.4, -0.2) is 39.6 Å². The Bertz CT molecular complexity index is 1040. The summed E-state index contributed by atoms with van der Waals surface area (Å²) >= 11 is 0. The van der Waals surface area contributed by atoms with Gasteiger partial charge in [0.1, 0.15) is 12.7 Å². The first-order valence-corrected chi connectivity index (χ1v) is 11.2. The highest BCUT2D eigenvalue weighted by molar-refractivity contribution is 7.89. The second-order valence-corrected chi connectivity index (χ2v) is 9.08. The molecule has 0 saturated carbocycles. The maximum Gasteiger partial charge on any atom is 0.240 e. The summed E-state index contributed by atoms with van der Waals surface area (Å²) in [4.78, 5) is 14.1. The maximum absolute atomic E-state index is 12.8. The van der Waals surface area contributed by atoms with Crippen molar-refractivity contribution >= 4 is 21.6 Å². The van der Waals surface area contributed by atoms with E-state index in [1.807, 2.05) is 32.0 Å². The molecule has 154 valence electrons. The number of sulfonamides is 1. The predicted octanol–water partition coefficient (Wildman–Crippen LogP) is 2.49. The Morgan fingerprint density at radius 3 is 2.72 bits per heavy atom. The summed E-state index contributed by atoms with van der Waals surface area (Å²) in [5.74, 6) is 1.31. The first-order chi connectivity index (χ1) is 13.9. The molecule has 4 rings (SSSR count). The van der Waals surface area contributed by atoms with Gasteiger partial charge < -0.3 is 14.4 Å². The second kappa shape index (κ2) is 7.68. The van der Waals surface area contributed by atoms with Gasteiger partial charge in [0, 0.05) is 18.2 Å². The van der Waals surface area contributed by atoms with E-state index in [9.17, 15) is 13.2 Å². The van der Waals surface area contributed by atoms with Gasteiger partial charge in [0.15, 0.2) is 11.5 Å². The average molecular weight is 416 g/mol. The van der Waals surface area contributed by atoms with Gasteiger partial charge in [-0.25, -0.2) is 13.1 Å². The average Bonchev–Trinajstić information content (AvgIpc) is 3.06. The molecule has 7 nitrogen and oxygen atoms in total. The number of hydrogen-bond acceptors (Lipinski definition) is 5. The number of nitrogens with zero attached hydrogens (tertiary/aromatic N) is 1. The lowest BCUT2D eigenvalue weighted by molar-refractivity contribution is -0.118. The number of rotatable bonds is 5. The molecule has 1 N–H and O–H groups in total. The molecular formula is C21H24N2O5S. The molecule has 0 spiro atoms. The molecule has 0 aliphatic carbocycles. The van der Waals surface area contributed by atoms with Gasteiger partial charge >= 0.3 is 0 Å². The summed E-state index contributed by atoms with van der Waals surface area (Å²) in [6.45, 7) is 4.17. The highest BCUT2D eigenvalue weighted by Crippen LogP contribution is 2.34. The summed E-state index contributed by atoms with van der Waals surface area (Å²) in [6.07, 6.45) is 0.644. The van der Waals surface area contributed by atoms with Crippen molar-refractivity contribution in [1.82, 2.24) is 4.72 Å². The summed E-state index contributed by atoms with van der Waals surface area (Å²) < 4.78 is 39.6. The maximum atomic E-state index is 12.8. The summed E-state index contributed by atoms with van der Waals surface area (Å²) in [5.41, 5.74) is 1.66. The predicted molar refractivity (Wildman–Crippen MR) is 109 cm³/mol. The van der Waals surface area contributed by atoms with Crippen molar-refractivity contribution in [2.45, 2.75) is 43.7 Å². The fraction of sp³-hybridized carbons (Fsp3) is 0.381. The van der Waals surface area contributed by atoms with Gasteiger partial charge in [-0.3, -0.25) is 4.79 Å². The van der Waals surface area contributed by atoms with Crippen molar-refractivity contribution in [2.75, 3.05) is 18.1 Å². The number of amides is 1. The first kappa shape index (κ1) is 19.7. The molecule has 0 saturated heterocycles. The molecule has 2 aromatic carbocycles. The van der Waals surface area contributed by atoms with Crippen LogP contribution in [0.2, 0.25) is 0 Å². The van der Waals surface area contributed by atoms with Crippen molar-refractivity contribution in [3.05, 3.63) is 48.0 Å². The van der Waals surface area contributed by atoms with Crippen LogP contribution < -0.4 is 19.1 Å². The quantitative estimate of drug-likeness (QED) is 0.810. The van der Waals surface area contributed by atoms with Gasteiger partial charge in [0.25, 0.3) is 0 Å². The number of ether oxygens (including phenoxy) is 2. The SMILES string of the molecule is CCC(=O)N1c2ccc(S(=O)(=O)NC[C@@H]3COc4ccccc4O3)cc2C[C@H]1C. The summed E-state index contributed by atoms with van der Waals surface area (Å²) in [6, 6.07) is 12.2. The Morgan fingerprint density at radius 2 is 1.97 bits per heavy atom. The van der Waals surface area contributed by atoms with E-state index in [0.29, 0.717) is 24.3 Å². The molecule has 0 fully saturated rings. The zero-order valence-electron chi connectivity index (χ0n) is 16.4. The van der Waals surface area contributed by atoms with Crippen molar-refractivity contribution in [3.63, 3.8) is 0 Å². The van der Waals surface area contributed by atoms with Crippen LogP contribution in [0.3, 0.4) is 0 Å². The van der Waals surface area contributed by atoms with E-state index in [-0.39, 0.29) is 30.0 Å². The van der Waals surface area contributed by atoms with Crippen LogP contribution in [0, 0.1) is 0 Å². The molecule has 2 aliphatic rings. The molecule has 0 aromatic heterocycles. The van der Waals surface area contributed by atoms with Gasteiger partial charge in [0.2, 0.25) is 15.9 Å². The summed E-state index contributed by atoms with van der Waals surface area (Å²) in [7, 11) is -3.71. The molecule has 0 unspecified atom stereocenters. The van der Waals surface area contributed by atoms with Gasteiger partial charge in [-0.1, -0.05) is 19.1 Å². The van der Waals surface area contributed by atoms with E-state index in [4.69, 9.17) is 9.47 Å². The van der Waals surface area contributed by atoms with E-state index in [1.54, 1.807) is 29.2 Å². The molecule has 0 bridgehead atoms. The highest BCUT2D eigenvalue weighted by atomic mass is 32.2. The second-order valence-electron chi connectivity index (χ2n) is 7.31. The monoisotopic (exact) mass is 416 g/mol. The third-order valence-electron chi connectivity index (χ3n) is 5.22. The molecule has 0 radical (unpaired) electrons. The molecule has 1 amide bonds. The minimum atomic E-state index is -3.71. The van der Waals surface area contributed by atoms with E-state index >= 15 is 0 Å². The van der Waals surface area contributed by atoms with Gasteiger partial charge in [0.05, 0.1) is 11.4 Å². The van der Waals surface area contributed by atoms with Crippen LogP contribution in [0.5, 0.6) is 11.5 Å². The van der Waals surface area contributed by atoms with Crippen LogP contribution in [0.4, 0.5) is 5.69 Å². The molecule has 8 heteroatoms. The van der Waals surface area contributed by atoms with Gasteiger partial charge in [-0.05, 0) is 49.2 Å². The lowest BCUT2D eigenvalue weighted by atomic mass is 10.1. The Morgan fingerprint density at radius 1 is 1.21 bits per heavy atom. The minimum absolute atomic E-state index is 0.0243. The van der Waals surface area contributed by atoms with Crippen LogP contribution in [0.25, 0.3) is 0 Å². The highest BCUT2D eigenvalue weighted by Gasteiger charge is 2.31. The van der Waals surface area contributed by atoms with Crippen LogP contribution in [0.15, 0.2) is 47.4 Å². The fourth-order valence-corrected chi connectivity index (χ4v) is 4.89. The lowest BCUT2D eigenvalue weighted by Gasteiger charge is -2.26. The Labute approximate surface area is 170 Å². The first-order valence-electron chi connectivity index (χ1n) is 9.72. The van der Waals surface area contributed by atoms with Crippen LogP contribution in [0.1, 0.15) is 25.8 Å². The lowest BCUT2D eigenvalue weighted by Crippen LogP contribution is -2.40. The normalized spacial score (nSPS) is 20.4. The molecule has 2 aliphatic heterocycles. The van der Waals surface area contributed by atoms with Crippen molar-refractivity contribution in [3.8, 4) is 11.5 Å². The fourth-order valence-electron chi connectivity index (χ4n) is 3.77. The molecule has 2 heterocycles. The number of para-hydroxylation sites is 2. The van der Waals surface area contributed by atoms with Crippen molar-refractivity contribution in [2.24, 2.45) is 0 Å². The van der Waals surface area contributed by atoms with Crippen molar-refractivity contribution in [1.29, 1.82) is 0 Å². The van der Waals surface area contributed by atoms with Crippen LogP contribution >= 0.6 is 0 Å². The minimum Gasteiger partial charge on any atom is -0.486 e. The number of benzene rings is 2. The molecule has 29 heavy (non-hydrogen) atoms. The zero-order chi connectivity index (χ0) is 20.6. The standard InChI is InChI=1S/C21H24N2O5S/c1-3-21(24)23-14(2)10-15-11-17(8-9-18(15)23)29(25,26)22-12-16-13-27-19-6-4-5-7-20(19)28-16/h4-9,11,14,16,22H,3,10,12-13H2,1-2H3/t14-,16-/m1/s1. The van der Waals surface area contributed by atoms with Crippen LogP contribution in [-0.2, 0) is 21.2 Å². The summed E-state index contributed by atoms with van der Waals surface area (Å²) in [5, 5.41) is 0. The number of carbonyl (C=O) groups is 1. The molecule has 2 aromatic rings. The Hall–Kier alpha value is -2.58. The number of nitrogens with one attached hydrogen (secondary N) is 1. The Balaban J connectivity index is 1.46. The van der Waals surface area contributed by atoms with Crippen molar-refractivity contribution < 1.29 is 22.7 Å². The smallest absolute Gasteiger partial charge is 0.240 e. The van der Waals surface area contributed by atoms with Gasteiger partial charge in [-0.2, -0.15) is 0 Å². The number of anilines is 1. The molecular weight excluding hydrogens is 392 g/mol. The third-order valence-corrected chi connectivity index (χ3v) is 6.64. The third kappa shape index (κ3) is 3.82. The number of hydrogen-bond donors (Lipinski definition) is 1. The van der Waals surface area contributed by atoms with E-state index in [0.717, 1.165) is 11.3 Å². The Kier molecular flexibility index (Phi) is 5.23. The van der Waals surface area contributed by atoms with E-state index in [2.05, 4.69) is 4.72 Å². The topological polar surface area (TPSA) is 84.9 Å². The largest absolute Gasteiger partial charge is 0.486 e. The van der Waals surface area contributed by atoms with Gasteiger partial charge in [-0.15, -0.1) is 0 Å².